The first-order valence-electron chi connectivity index (χ1n) is 4.55. The lowest BCUT2D eigenvalue weighted by Gasteiger charge is -1.95. The van der Waals surface area contributed by atoms with E-state index >= 15 is 0 Å². The Hall–Kier alpha value is -1.06. The largest absolute Gasteiger partial charge is 0.442 e. The monoisotopic (exact) mass is 240 g/mol. The molecular formula is C11H9ClO2S. The van der Waals surface area contributed by atoms with E-state index in [4.69, 9.17) is 16.0 Å². The summed E-state index contributed by atoms with van der Waals surface area (Å²) in [6.45, 7) is 0. The third-order valence-electron chi connectivity index (χ3n) is 2.07. The summed E-state index contributed by atoms with van der Waals surface area (Å²) in [7, 11) is 0. The molecule has 0 aliphatic carbocycles. The van der Waals surface area contributed by atoms with Crippen LogP contribution < -0.4 is 0 Å². The number of rotatable bonds is 4. The molecule has 0 fully saturated rings. The highest BCUT2D eigenvalue weighted by Gasteiger charge is 2.10. The number of thiophene rings is 1. The van der Waals surface area contributed by atoms with Crippen LogP contribution in [0, 0.1) is 0 Å². The molecule has 0 spiro atoms. The first-order chi connectivity index (χ1) is 7.25. The molecule has 0 amide bonds. The van der Waals surface area contributed by atoms with Crippen molar-refractivity contribution in [1.29, 1.82) is 0 Å². The molecule has 0 bridgehead atoms. The molecule has 15 heavy (non-hydrogen) atoms. The van der Waals surface area contributed by atoms with Gasteiger partial charge in [-0.3, -0.25) is 4.79 Å². The summed E-state index contributed by atoms with van der Waals surface area (Å²) in [4.78, 5) is 11.6. The van der Waals surface area contributed by atoms with Crippen LogP contribution in [0.15, 0.2) is 33.4 Å². The average Bonchev–Trinajstić information content (AvgIpc) is 2.84. The lowest BCUT2D eigenvalue weighted by Crippen LogP contribution is -1.98. The van der Waals surface area contributed by atoms with Gasteiger partial charge in [0.15, 0.2) is 16.8 Å². The van der Waals surface area contributed by atoms with Crippen LogP contribution in [0.4, 0.5) is 0 Å². The maximum absolute atomic E-state index is 11.6. The fourth-order valence-corrected chi connectivity index (χ4v) is 2.13. The van der Waals surface area contributed by atoms with Crippen LogP contribution in [0.1, 0.15) is 22.5 Å². The number of hydrogen-bond acceptors (Lipinski definition) is 3. The number of aryl methyl sites for hydroxylation is 1. The third-order valence-corrected chi connectivity index (χ3v) is 3.00. The second-order valence-corrected chi connectivity index (χ2v) is 4.31. The van der Waals surface area contributed by atoms with Crippen molar-refractivity contribution in [3.05, 3.63) is 45.5 Å². The van der Waals surface area contributed by atoms with Crippen LogP contribution in [0.25, 0.3) is 0 Å². The highest BCUT2D eigenvalue weighted by Crippen LogP contribution is 2.16. The molecule has 78 valence electrons. The summed E-state index contributed by atoms with van der Waals surface area (Å²) >= 11 is 7.22. The highest BCUT2D eigenvalue weighted by molar-refractivity contribution is 7.07. The van der Waals surface area contributed by atoms with Gasteiger partial charge in [-0.05, 0) is 52.5 Å². The summed E-state index contributed by atoms with van der Waals surface area (Å²) in [5, 5.41) is 4.31. The number of ketones is 1. The molecule has 4 heteroatoms. The topological polar surface area (TPSA) is 30.2 Å². The molecule has 0 saturated heterocycles. The van der Waals surface area contributed by atoms with Crippen molar-refractivity contribution in [3.8, 4) is 0 Å². The molecule has 2 aromatic heterocycles. The van der Waals surface area contributed by atoms with E-state index in [1.165, 1.54) is 5.56 Å². The SMILES string of the molecule is O=C(CCc1ccsc1)c1ccc(Cl)o1. The average molecular weight is 241 g/mol. The van der Waals surface area contributed by atoms with Gasteiger partial charge in [0, 0.05) is 6.42 Å². The molecule has 0 aliphatic rings. The van der Waals surface area contributed by atoms with Gasteiger partial charge in [-0.1, -0.05) is 0 Å². The second kappa shape index (κ2) is 4.64. The number of hydrogen-bond donors (Lipinski definition) is 0. The predicted octanol–water partition coefficient (Wildman–Crippen LogP) is 3.81. The predicted molar refractivity (Wildman–Crippen MR) is 60.7 cm³/mol. The Morgan fingerprint density at radius 3 is 2.87 bits per heavy atom. The van der Waals surface area contributed by atoms with Gasteiger partial charge in [0.2, 0.25) is 0 Å². The molecule has 2 aromatic rings. The Morgan fingerprint density at radius 2 is 2.27 bits per heavy atom. The molecule has 0 aliphatic heterocycles. The fourth-order valence-electron chi connectivity index (χ4n) is 1.28. The minimum absolute atomic E-state index is 0.00639. The lowest BCUT2D eigenvalue weighted by atomic mass is 10.1. The Bertz CT molecular complexity index is 445. The van der Waals surface area contributed by atoms with E-state index < -0.39 is 0 Å². The smallest absolute Gasteiger partial charge is 0.198 e. The Kier molecular flexibility index (Phi) is 3.23. The Labute approximate surface area is 96.5 Å². The van der Waals surface area contributed by atoms with Gasteiger partial charge >= 0.3 is 0 Å². The maximum atomic E-state index is 11.6. The van der Waals surface area contributed by atoms with E-state index in [0.717, 1.165) is 6.42 Å². The number of carbonyl (C=O) groups excluding carboxylic acids is 1. The number of carbonyl (C=O) groups is 1. The van der Waals surface area contributed by atoms with Gasteiger partial charge in [0.1, 0.15) is 0 Å². The van der Waals surface area contributed by atoms with Crippen molar-refractivity contribution in [2.75, 3.05) is 0 Å². The molecule has 0 aromatic carbocycles. The van der Waals surface area contributed by atoms with Gasteiger partial charge in [-0.2, -0.15) is 11.3 Å². The van der Waals surface area contributed by atoms with E-state index in [1.54, 1.807) is 23.5 Å². The Morgan fingerprint density at radius 1 is 1.40 bits per heavy atom. The zero-order valence-electron chi connectivity index (χ0n) is 7.90. The molecule has 2 nitrogen and oxygen atoms in total. The second-order valence-electron chi connectivity index (χ2n) is 3.16. The van der Waals surface area contributed by atoms with Crippen molar-refractivity contribution in [2.24, 2.45) is 0 Å². The normalized spacial score (nSPS) is 10.5. The number of halogens is 1. The molecular weight excluding hydrogens is 232 g/mol. The molecule has 0 atom stereocenters. The van der Waals surface area contributed by atoms with Crippen LogP contribution in [0.3, 0.4) is 0 Å². The van der Waals surface area contributed by atoms with E-state index in [9.17, 15) is 4.79 Å². The van der Waals surface area contributed by atoms with Crippen molar-refractivity contribution in [3.63, 3.8) is 0 Å². The van der Waals surface area contributed by atoms with Crippen LogP contribution in [-0.4, -0.2) is 5.78 Å². The van der Waals surface area contributed by atoms with Crippen molar-refractivity contribution >= 4 is 28.7 Å². The summed E-state index contributed by atoms with van der Waals surface area (Å²) in [5.74, 6) is 0.336. The molecule has 0 N–H and O–H groups in total. The summed E-state index contributed by atoms with van der Waals surface area (Å²) < 4.78 is 5.03. The quantitative estimate of drug-likeness (QED) is 0.761. The minimum Gasteiger partial charge on any atom is -0.442 e. The number of Topliss-reactive ketones (excluding diaryl/α,β-unsaturated/α-hetero) is 1. The Balaban J connectivity index is 1.93. The molecule has 0 unspecified atom stereocenters. The summed E-state index contributed by atoms with van der Waals surface area (Å²) in [6.07, 6.45) is 1.21. The fraction of sp³-hybridized carbons (Fsp3) is 0.182. The van der Waals surface area contributed by atoms with E-state index in [1.807, 2.05) is 16.8 Å². The highest BCUT2D eigenvalue weighted by atomic mass is 35.5. The summed E-state index contributed by atoms with van der Waals surface area (Å²) in [5.41, 5.74) is 1.19. The van der Waals surface area contributed by atoms with Gasteiger partial charge in [-0.25, -0.2) is 0 Å². The van der Waals surface area contributed by atoms with Crippen LogP contribution in [0.5, 0.6) is 0 Å². The summed E-state index contributed by atoms with van der Waals surface area (Å²) in [6, 6.07) is 5.21. The van der Waals surface area contributed by atoms with Crippen LogP contribution in [0.2, 0.25) is 5.22 Å². The minimum atomic E-state index is -0.00639. The first-order valence-corrected chi connectivity index (χ1v) is 5.87. The van der Waals surface area contributed by atoms with Crippen molar-refractivity contribution in [2.45, 2.75) is 12.8 Å². The van der Waals surface area contributed by atoms with Crippen LogP contribution >= 0.6 is 22.9 Å². The van der Waals surface area contributed by atoms with E-state index in [-0.39, 0.29) is 11.0 Å². The molecule has 0 saturated carbocycles. The maximum Gasteiger partial charge on any atom is 0.198 e. The zero-order valence-corrected chi connectivity index (χ0v) is 9.48. The third kappa shape index (κ3) is 2.70. The lowest BCUT2D eigenvalue weighted by molar-refractivity contribution is 0.0956. The van der Waals surface area contributed by atoms with Gasteiger partial charge in [0.25, 0.3) is 0 Å². The molecule has 2 heterocycles. The van der Waals surface area contributed by atoms with Crippen molar-refractivity contribution < 1.29 is 9.21 Å². The number of furan rings is 1. The first kappa shape index (κ1) is 10.5. The van der Waals surface area contributed by atoms with Crippen molar-refractivity contribution in [1.82, 2.24) is 0 Å². The zero-order chi connectivity index (χ0) is 10.7. The standard InChI is InChI=1S/C11H9ClO2S/c12-11-4-3-10(14-11)9(13)2-1-8-5-6-15-7-8/h3-7H,1-2H2. The molecule has 2 rings (SSSR count). The van der Waals surface area contributed by atoms with Crippen LogP contribution in [-0.2, 0) is 6.42 Å². The van der Waals surface area contributed by atoms with E-state index in [2.05, 4.69) is 0 Å². The molecule has 0 radical (unpaired) electrons. The van der Waals surface area contributed by atoms with E-state index in [0.29, 0.717) is 12.2 Å². The van der Waals surface area contributed by atoms with Gasteiger partial charge in [-0.15, -0.1) is 0 Å². The van der Waals surface area contributed by atoms with Gasteiger partial charge in [0.05, 0.1) is 0 Å². The van der Waals surface area contributed by atoms with Gasteiger partial charge < -0.3 is 4.42 Å².